The zero-order chi connectivity index (χ0) is 21.2. The van der Waals surface area contributed by atoms with Gasteiger partial charge in [0.05, 0.1) is 17.6 Å². The summed E-state index contributed by atoms with van der Waals surface area (Å²) in [6.07, 6.45) is 1.45. The molecule has 156 valence electrons. The van der Waals surface area contributed by atoms with E-state index in [-0.39, 0.29) is 24.0 Å². The fourth-order valence-corrected chi connectivity index (χ4v) is 4.04. The lowest BCUT2D eigenvalue weighted by molar-refractivity contribution is -0.118. The molecular formula is C21H17N5O4S. The highest BCUT2D eigenvalue weighted by atomic mass is 32.2. The van der Waals surface area contributed by atoms with Gasteiger partial charge in [-0.25, -0.2) is 4.98 Å². The van der Waals surface area contributed by atoms with Crippen LogP contribution in [0.1, 0.15) is 5.56 Å². The number of nitrogens with one attached hydrogen (secondary N) is 2. The molecule has 1 amide bonds. The van der Waals surface area contributed by atoms with E-state index in [1.165, 1.54) is 22.5 Å². The molecule has 3 heterocycles. The summed E-state index contributed by atoms with van der Waals surface area (Å²) in [5, 5.41) is 10.3. The molecule has 0 bridgehead atoms. The van der Waals surface area contributed by atoms with Crippen molar-refractivity contribution in [3.05, 3.63) is 70.6 Å². The molecule has 2 aromatic heterocycles. The second-order valence-electron chi connectivity index (χ2n) is 6.76. The minimum atomic E-state index is -0.242. The summed E-state index contributed by atoms with van der Waals surface area (Å²) < 4.78 is 12.1. The van der Waals surface area contributed by atoms with Crippen LogP contribution in [0.3, 0.4) is 0 Å². The number of nitrogens with zero attached hydrogens (tertiary/aromatic N) is 3. The van der Waals surface area contributed by atoms with Gasteiger partial charge in [-0.1, -0.05) is 36.0 Å². The molecule has 0 saturated heterocycles. The molecule has 0 saturated carbocycles. The minimum Gasteiger partial charge on any atom is -0.454 e. The Hall–Kier alpha value is -3.79. The maximum absolute atomic E-state index is 13.0. The molecule has 1 aliphatic rings. The number of ether oxygens (including phenoxy) is 2. The zero-order valence-corrected chi connectivity index (χ0v) is 17.0. The molecule has 31 heavy (non-hydrogen) atoms. The van der Waals surface area contributed by atoms with E-state index in [1.807, 2.05) is 48.5 Å². The fraction of sp³-hybridized carbons (Fsp3) is 0.143. The Morgan fingerprint density at radius 3 is 2.87 bits per heavy atom. The highest BCUT2D eigenvalue weighted by Crippen LogP contribution is 2.32. The van der Waals surface area contributed by atoms with Crippen LogP contribution in [0, 0.1) is 0 Å². The standard InChI is InChI=1S/C21H17N5O4S/c27-18(22-9-13-6-7-16-17(8-13)30-12-29-16)11-31-21-24-19-15(10-23-25-19)20(28)26(21)14-4-2-1-3-5-14/h1-8,10H,9,11-12H2,(H,22,27)(H,23,25). The SMILES string of the molecule is O=C(CSc1nc2[nH]ncc2c(=O)n1-c1ccccc1)NCc1ccc2c(c1)OCO2. The van der Waals surface area contributed by atoms with Gasteiger partial charge in [0.15, 0.2) is 22.3 Å². The topological polar surface area (TPSA) is 111 Å². The lowest BCUT2D eigenvalue weighted by Gasteiger charge is -2.12. The van der Waals surface area contributed by atoms with Crippen molar-refractivity contribution in [1.29, 1.82) is 0 Å². The van der Waals surface area contributed by atoms with E-state index in [1.54, 1.807) is 0 Å². The maximum atomic E-state index is 13.0. The van der Waals surface area contributed by atoms with Crippen LogP contribution in [-0.2, 0) is 11.3 Å². The second-order valence-corrected chi connectivity index (χ2v) is 7.70. The van der Waals surface area contributed by atoms with Gasteiger partial charge in [-0.15, -0.1) is 0 Å². The molecule has 0 spiro atoms. The molecule has 0 radical (unpaired) electrons. The maximum Gasteiger partial charge on any atom is 0.269 e. The Balaban J connectivity index is 1.32. The first kappa shape index (κ1) is 19.2. The number of fused-ring (bicyclic) bond motifs is 2. The third-order valence-corrected chi connectivity index (χ3v) is 5.66. The van der Waals surface area contributed by atoms with Gasteiger partial charge in [-0.2, -0.15) is 5.10 Å². The number of thioether (sulfide) groups is 1. The second kappa shape index (κ2) is 8.15. The average Bonchev–Trinajstić information content (AvgIpc) is 3.46. The van der Waals surface area contributed by atoms with Gasteiger partial charge >= 0.3 is 0 Å². The molecule has 9 nitrogen and oxygen atoms in total. The van der Waals surface area contributed by atoms with Gasteiger partial charge in [0.25, 0.3) is 5.56 Å². The Morgan fingerprint density at radius 1 is 1.16 bits per heavy atom. The fourth-order valence-electron chi connectivity index (χ4n) is 3.21. The first-order valence-electron chi connectivity index (χ1n) is 9.48. The van der Waals surface area contributed by atoms with Crippen LogP contribution in [0.5, 0.6) is 11.5 Å². The van der Waals surface area contributed by atoms with Gasteiger partial charge in [0, 0.05) is 6.54 Å². The number of carbonyl (C=O) groups is 1. The predicted octanol–water partition coefficient (Wildman–Crippen LogP) is 2.25. The van der Waals surface area contributed by atoms with Gasteiger partial charge in [-0.3, -0.25) is 19.3 Å². The van der Waals surface area contributed by atoms with Crippen molar-refractivity contribution in [3.63, 3.8) is 0 Å². The van der Waals surface area contributed by atoms with E-state index in [0.29, 0.717) is 39.9 Å². The van der Waals surface area contributed by atoms with Crippen molar-refractivity contribution in [1.82, 2.24) is 25.1 Å². The van der Waals surface area contributed by atoms with Crippen molar-refractivity contribution in [3.8, 4) is 17.2 Å². The lowest BCUT2D eigenvalue weighted by Crippen LogP contribution is -2.26. The Kier molecular flexibility index (Phi) is 5.04. The molecule has 4 aromatic rings. The van der Waals surface area contributed by atoms with Crippen molar-refractivity contribution < 1.29 is 14.3 Å². The van der Waals surface area contributed by atoms with E-state index in [2.05, 4.69) is 20.5 Å². The third-order valence-electron chi connectivity index (χ3n) is 4.72. The Morgan fingerprint density at radius 2 is 2.00 bits per heavy atom. The number of amides is 1. The first-order valence-corrected chi connectivity index (χ1v) is 10.5. The van der Waals surface area contributed by atoms with Gasteiger partial charge < -0.3 is 14.8 Å². The molecule has 0 fully saturated rings. The number of para-hydroxylation sites is 1. The summed E-state index contributed by atoms with van der Waals surface area (Å²) in [4.78, 5) is 29.9. The summed E-state index contributed by atoms with van der Waals surface area (Å²) in [7, 11) is 0. The number of hydrogen-bond acceptors (Lipinski definition) is 7. The summed E-state index contributed by atoms with van der Waals surface area (Å²) in [5.74, 6) is 1.29. The molecule has 0 aliphatic carbocycles. The quantitative estimate of drug-likeness (QED) is 0.353. The van der Waals surface area contributed by atoms with Crippen LogP contribution in [0.2, 0.25) is 0 Å². The largest absolute Gasteiger partial charge is 0.454 e. The van der Waals surface area contributed by atoms with E-state index in [4.69, 9.17) is 9.47 Å². The molecule has 10 heteroatoms. The monoisotopic (exact) mass is 435 g/mol. The van der Waals surface area contributed by atoms with Crippen LogP contribution in [-0.4, -0.2) is 38.2 Å². The van der Waals surface area contributed by atoms with Crippen molar-refractivity contribution >= 4 is 28.7 Å². The van der Waals surface area contributed by atoms with Crippen LogP contribution in [0.15, 0.2) is 64.7 Å². The normalized spacial score (nSPS) is 12.3. The van der Waals surface area contributed by atoms with Gasteiger partial charge in [0.1, 0.15) is 5.39 Å². The van der Waals surface area contributed by atoms with E-state index >= 15 is 0 Å². The van der Waals surface area contributed by atoms with E-state index < -0.39 is 0 Å². The smallest absolute Gasteiger partial charge is 0.269 e. The van der Waals surface area contributed by atoms with Crippen LogP contribution < -0.4 is 20.3 Å². The summed E-state index contributed by atoms with van der Waals surface area (Å²) in [6, 6.07) is 14.7. The highest BCUT2D eigenvalue weighted by Gasteiger charge is 2.16. The number of aromatic amines is 1. The van der Waals surface area contributed by atoms with Crippen LogP contribution >= 0.6 is 11.8 Å². The third kappa shape index (κ3) is 3.84. The number of carbonyl (C=O) groups excluding carboxylic acids is 1. The zero-order valence-electron chi connectivity index (χ0n) is 16.2. The Labute approximate surface area is 180 Å². The van der Waals surface area contributed by atoms with Crippen molar-refractivity contribution in [2.45, 2.75) is 11.7 Å². The highest BCUT2D eigenvalue weighted by molar-refractivity contribution is 7.99. The van der Waals surface area contributed by atoms with Crippen LogP contribution in [0.25, 0.3) is 16.7 Å². The van der Waals surface area contributed by atoms with Crippen LogP contribution in [0.4, 0.5) is 0 Å². The van der Waals surface area contributed by atoms with E-state index in [0.717, 1.165) is 5.56 Å². The van der Waals surface area contributed by atoms with E-state index in [9.17, 15) is 9.59 Å². The molecule has 2 N–H and O–H groups in total. The number of hydrogen-bond donors (Lipinski definition) is 2. The number of benzene rings is 2. The summed E-state index contributed by atoms with van der Waals surface area (Å²) in [6.45, 7) is 0.563. The first-order chi connectivity index (χ1) is 15.2. The summed E-state index contributed by atoms with van der Waals surface area (Å²) >= 11 is 1.18. The summed E-state index contributed by atoms with van der Waals surface area (Å²) in [5.41, 5.74) is 1.72. The predicted molar refractivity (Wildman–Crippen MR) is 115 cm³/mol. The van der Waals surface area contributed by atoms with Gasteiger partial charge in [0.2, 0.25) is 12.7 Å². The van der Waals surface area contributed by atoms with Crippen molar-refractivity contribution in [2.75, 3.05) is 12.5 Å². The number of H-pyrrole nitrogens is 1. The molecule has 1 aliphatic heterocycles. The molecule has 2 aromatic carbocycles. The number of rotatable bonds is 6. The van der Waals surface area contributed by atoms with Crippen molar-refractivity contribution in [2.24, 2.45) is 0 Å². The molecule has 0 unspecified atom stereocenters. The average molecular weight is 435 g/mol. The lowest BCUT2D eigenvalue weighted by atomic mass is 10.2. The molecule has 0 atom stereocenters. The molecular weight excluding hydrogens is 418 g/mol. The minimum absolute atomic E-state index is 0.101. The Bertz CT molecular complexity index is 1320. The van der Waals surface area contributed by atoms with Gasteiger partial charge in [-0.05, 0) is 29.8 Å². The number of aromatic nitrogens is 4. The molecule has 5 rings (SSSR count).